The molecule has 2 heterocycles. The Labute approximate surface area is 191 Å². The number of benzene rings is 1. The third-order valence-electron chi connectivity index (χ3n) is 4.55. The van der Waals surface area contributed by atoms with Crippen LogP contribution < -0.4 is 15.4 Å². The van der Waals surface area contributed by atoms with Gasteiger partial charge in [-0.2, -0.15) is 8.78 Å². The standard InChI is InChI=1S/C20H26F2N4OS.HI/c1-2-23-20(25-13-15-5-3-4-6-17(15)27-19(21)22)24-9-11-26-10-7-18-16(14-26)8-12-28-18;/h3-6,8,12,19H,2,7,9-11,13-14H2,1H3,(H2,23,24,25);1H. The minimum Gasteiger partial charge on any atom is -0.434 e. The normalized spacial score (nSPS) is 14.3. The van der Waals surface area contributed by atoms with Crippen LogP contribution in [0.25, 0.3) is 0 Å². The van der Waals surface area contributed by atoms with Crippen LogP contribution in [0.2, 0.25) is 0 Å². The van der Waals surface area contributed by atoms with Crippen LogP contribution in [0, 0.1) is 0 Å². The van der Waals surface area contributed by atoms with Gasteiger partial charge in [0, 0.05) is 43.2 Å². The number of halogens is 3. The molecular weight excluding hydrogens is 509 g/mol. The Kier molecular flexibility index (Phi) is 10.1. The number of alkyl halides is 2. The summed E-state index contributed by atoms with van der Waals surface area (Å²) in [4.78, 5) is 8.45. The molecule has 1 aromatic heterocycles. The third kappa shape index (κ3) is 7.38. The van der Waals surface area contributed by atoms with E-state index in [4.69, 9.17) is 0 Å². The van der Waals surface area contributed by atoms with Crippen molar-refractivity contribution < 1.29 is 13.5 Å². The van der Waals surface area contributed by atoms with Gasteiger partial charge in [0.25, 0.3) is 0 Å². The summed E-state index contributed by atoms with van der Waals surface area (Å²) in [7, 11) is 0. The number of aliphatic imine (C=N–C) groups is 1. The summed E-state index contributed by atoms with van der Waals surface area (Å²) in [5.41, 5.74) is 2.06. The van der Waals surface area contributed by atoms with Gasteiger partial charge in [0.1, 0.15) is 5.75 Å². The Morgan fingerprint density at radius 3 is 2.90 bits per heavy atom. The van der Waals surface area contributed by atoms with Crippen LogP contribution in [0.4, 0.5) is 8.78 Å². The second-order valence-electron chi connectivity index (χ2n) is 6.50. The van der Waals surface area contributed by atoms with Crippen molar-refractivity contribution in [3.8, 4) is 5.75 Å². The Morgan fingerprint density at radius 1 is 1.28 bits per heavy atom. The van der Waals surface area contributed by atoms with Gasteiger partial charge in [-0.05, 0) is 36.4 Å². The van der Waals surface area contributed by atoms with E-state index >= 15 is 0 Å². The zero-order chi connectivity index (χ0) is 19.8. The highest BCUT2D eigenvalue weighted by molar-refractivity contribution is 14.0. The largest absolute Gasteiger partial charge is 0.434 e. The molecule has 0 unspecified atom stereocenters. The fourth-order valence-corrected chi connectivity index (χ4v) is 4.07. The number of para-hydroxylation sites is 1. The van der Waals surface area contributed by atoms with Crippen molar-refractivity contribution >= 4 is 41.3 Å². The maximum atomic E-state index is 12.5. The van der Waals surface area contributed by atoms with Gasteiger partial charge in [0.2, 0.25) is 0 Å². The number of fused-ring (bicyclic) bond motifs is 1. The first kappa shape index (κ1) is 23.8. The van der Waals surface area contributed by atoms with E-state index in [1.54, 1.807) is 18.2 Å². The quantitative estimate of drug-likeness (QED) is 0.304. The minimum absolute atomic E-state index is 0. The lowest BCUT2D eigenvalue weighted by Gasteiger charge is -2.27. The van der Waals surface area contributed by atoms with Gasteiger partial charge in [-0.15, -0.1) is 35.3 Å². The fraction of sp³-hybridized carbons (Fsp3) is 0.450. The Balaban J connectivity index is 0.00000300. The summed E-state index contributed by atoms with van der Waals surface area (Å²) in [6.07, 6.45) is 1.11. The molecule has 0 saturated heterocycles. The molecule has 1 aromatic carbocycles. The Bertz CT molecular complexity index is 787. The Hall–Kier alpha value is -1.46. The molecule has 1 aliphatic rings. The predicted molar refractivity (Wildman–Crippen MR) is 125 cm³/mol. The van der Waals surface area contributed by atoms with Crippen LogP contribution >= 0.6 is 35.3 Å². The maximum Gasteiger partial charge on any atom is 0.387 e. The fourth-order valence-electron chi connectivity index (χ4n) is 3.18. The number of thiophene rings is 1. The number of hydrogen-bond acceptors (Lipinski definition) is 4. The molecule has 0 radical (unpaired) electrons. The molecule has 5 nitrogen and oxygen atoms in total. The van der Waals surface area contributed by atoms with Crippen molar-refractivity contribution in [3.05, 3.63) is 51.7 Å². The van der Waals surface area contributed by atoms with E-state index in [2.05, 4.69) is 36.7 Å². The van der Waals surface area contributed by atoms with E-state index in [0.29, 0.717) is 11.5 Å². The zero-order valence-electron chi connectivity index (χ0n) is 16.4. The van der Waals surface area contributed by atoms with Crippen molar-refractivity contribution in [3.63, 3.8) is 0 Å². The maximum absolute atomic E-state index is 12.5. The number of guanidine groups is 1. The van der Waals surface area contributed by atoms with E-state index in [1.165, 1.54) is 16.5 Å². The first-order valence-electron chi connectivity index (χ1n) is 9.48. The summed E-state index contributed by atoms with van der Waals surface area (Å²) in [5, 5.41) is 8.69. The van der Waals surface area contributed by atoms with Crippen molar-refractivity contribution in [1.29, 1.82) is 0 Å². The molecule has 0 spiro atoms. The molecule has 0 bridgehead atoms. The first-order valence-corrected chi connectivity index (χ1v) is 10.4. The Morgan fingerprint density at radius 2 is 2.10 bits per heavy atom. The lowest BCUT2D eigenvalue weighted by atomic mass is 10.1. The smallest absolute Gasteiger partial charge is 0.387 e. The summed E-state index contributed by atoms with van der Waals surface area (Å²) < 4.78 is 29.7. The molecule has 0 saturated carbocycles. The summed E-state index contributed by atoms with van der Waals surface area (Å²) >= 11 is 1.84. The zero-order valence-corrected chi connectivity index (χ0v) is 19.5. The monoisotopic (exact) mass is 536 g/mol. The average molecular weight is 536 g/mol. The first-order chi connectivity index (χ1) is 13.7. The molecule has 0 amide bonds. The van der Waals surface area contributed by atoms with Gasteiger partial charge in [-0.25, -0.2) is 4.99 Å². The predicted octanol–water partition coefficient (Wildman–Crippen LogP) is 4.08. The van der Waals surface area contributed by atoms with E-state index in [-0.39, 0.29) is 36.3 Å². The van der Waals surface area contributed by atoms with Crippen LogP contribution in [-0.4, -0.2) is 43.6 Å². The highest BCUT2D eigenvalue weighted by atomic mass is 127. The molecule has 2 aromatic rings. The summed E-state index contributed by atoms with van der Waals surface area (Å²) in [5.74, 6) is 0.833. The van der Waals surface area contributed by atoms with E-state index < -0.39 is 6.61 Å². The summed E-state index contributed by atoms with van der Waals surface area (Å²) in [6, 6.07) is 8.96. The average Bonchev–Trinajstić information content (AvgIpc) is 3.14. The van der Waals surface area contributed by atoms with Crippen molar-refractivity contribution in [1.82, 2.24) is 15.5 Å². The second kappa shape index (κ2) is 12.3. The number of nitrogens with one attached hydrogen (secondary N) is 2. The SMILES string of the molecule is CCNC(=NCc1ccccc1OC(F)F)NCCN1CCc2sccc2C1.I. The molecule has 0 fully saturated rings. The topological polar surface area (TPSA) is 48.9 Å². The van der Waals surface area contributed by atoms with Gasteiger partial charge in [0.05, 0.1) is 6.54 Å². The molecule has 2 N–H and O–H groups in total. The summed E-state index contributed by atoms with van der Waals surface area (Å²) in [6.45, 7) is 3.89. The van der Waals surface area contributed by atoms with Crippen molar-refractivity contribution in [2.45, 2.75) is 33.0 Å². The van der Waals surface area contributed by atoms with E-state index in [1.807, 2.05) is 18.3 Å². The van der Waals surface area contributed by atoms with E-state index in [0.717, 1.165) is 39.1 Å². The molecular formula is C20H27F2IN4OS. The second-order valence-corrected chi connectivity index (χ2v) is 7.50. The number of ether oxygens (including phenoxy) is 1. The van der Waals surface area contributed by atoms with Crippen molar-refractivity contribution in [2.24, 2.45) is 4.99 Å². The minimum atomic E-state index is -2.84. The van der Waals surface area contributed by atoms with Crippen molar-refractivity contribution in [2.75, 3.05) is 26.2 Å². The van der Waals surface area contributed by atoms with Gasteiger partial charge >= 0.3 is 6.61 Å². The van der Waals surface area contributed by atoms with Gasteiger partial charge in [0.15, 0.2) is 5.96 Å². The molecule has 29 heavy (non-hydrogen) atoms. The number of hydrogen-bond donors (Lipinski definition) is 2. The van der Waals surface area contributed by atoms with Gasteiger partial charge in [-0.1, -0.05) is 18.2 Å². The van der Waals surface area contributed by atoms with Crippen LogP contribution in [0.5, 0.6) is 5.75 Å². The van der Waals surface area contributed by atoms with Crippen LogP contribution in [-0.2, 0) is 19.5 Å². The van der Waals surface area contributed by atoms with Crippen LogP contribution in [0.3, 0.4) is 0 Å². The third-order valence-corrected chi connectivity index (χ3v) is 5.57. The molecule has 1 aliphatic heterocycles. The highest BCUT2D eigenvalue weighted by Gasteiger charge is 2.16. The molecule has 160 valence electrons. The molecule has 0 aliphatic carbocycles. The van der Waals surface area contributed by atoms with Gasteiger partial charge < -0.3 is 15.4 Å². The van der Waals surface area contributed by atoms with Gasteiger partial charge in [-0.3, -0.25) is 4.90 Å². The molecule has 9 heteroatoms. The highest BCUT2D eigenvalue weighted by Crippen LogP contribution is 2.23. The van der Waals surface area contributed by atoms with Crippen LogP contribution in [0.15, 0.2) is 40.7 Å². The lowest BCUT2D eigenvalue weighted by molar-refractivity contribution is -0.0504. The number of nitrogens with zero attached hydrogens (tertiary/aromatic N) is 2. The van der Waals surface area contributed by atoms with Crippen LogP contribution in [0.1, 0.15) is 22.9 Å². The van der Waals surface area contributed by atoms with E-state index in [9.17, 15) is 8.78 Å². The number of rotatable bonds is 8. The lowest BCUT2D eigenvalue weighted by Crippen LogP contribution is -2.42. The molecule has 0 atom stereocenters. The molecule has 3 rings (SSSR count).